The predicted octanol–water partition coefficient (Wildman–Crippen LogP) is 1.61. The number of nitrogens with zero attached hydrogens (tertiary/aromatic N) is 2. The van der Waals surface area contributed by atoms with Crippen LogP contribution in [0.5, 0.6) is 0 Å². The molecule has 0 N–H and O–H groups in total. The summed E-state index contributed by atoms with van der Waals surface area (Å²) in [6.45, 7) is 3.23. The van der Waals surface area contributed by atoms with Gasteiger partial charge in [0.15, 0.2) is 0 Å². The maximum Gasteiger partial charge on any atom is 0.355 e. The third-order valence-electron chi connectivity index (χ3n) is 3.91. The Labute approximate surface area is 143 Å². The molecule has 0 saturated heterocycles. The van der Waals surface area contributed by atoms with Crippen LogP contribution in [-0.4, -0.2) is 44.4 Å². The number of ether oxygens (including phenoxy) is 3. The molecule has 0 spiro atoms. The van der Waals surface area contributed by atoms with E-state index in [4.69, 9.17) is 9.47 Å². The molecule has 0 fully saturated rings. The smallest absolute Gasteiger partial charge is 0.355 e. The number of hydrogen-bond acceptors (Lipinski definition) is 8. The Kier molecular flexibility index (Phi) is 5.38. The number of nitro benzene ring substituents is 1. The van der Waals surface area contributed by atoms with Gasteiger partial charge in [-0.15, -0.1) is 0 Å². The molecule has 1 aliphatic heterocycles. The lowest BCUT2D eigenvalue weighted by molar-refractivity contribution is -0.384. The van der Waals surface area contributed by atoms with Crippen LogP contribution in [-0.2, 0) is 23.8 Å². The number of methoxy groups -OCH3 is 2. The second-order valence-corrected chi connectivity index (χ2v) is 5.40. The van der Waals surface area contributed by atoms with Crippen molar-refractivity contribution in [3.63, 3.8) is 0 Å². The van der Waals surface area contributed by atoms with E-state index < -0.39 is 16.9 Å². The Bertz CT molecular complexity index is 770. The summed E-state index contributed by atoms with van der Waals surface area (Å²) in [5.41, 5.74) is 1.24. The van der Waals surface area contributed by atoms with Gasteiger partial charge in [0.05, 0.1) is 31.3 Å². The number of benzene rings is 1. The Morgan fingerprint density at radius 3 is 2.32 bits per heavy atom. The third kappa shape index (κ3) is 3.45. The number of rotatable bonds is 4. The summed E-state index contributed by atoms with van der Waals surface area (Å²) in [4.78, 5) is 36.4. The minimum atomic E-state index is -0.809. The van der Waals surface area contributed by atoms with E-state index >= 15 is 0 Å². The number of nitro groups is 1. The molecule has 0 aromatic heterocycles. The SMILES string of the molecule is COC(=O)C1=C(C(=O)OC)N(c2cc(C)c(C)cc2[N+](=O)[O-])COC1. The average molecular weight is 350 g/mol. The molecule has 1 aliphatic rings. The van der Waals surface area contributed by atoms with Crippen LogP contribution >= 0.6 is 0 Å². The molecule has 0 bridgehead atoms. The van der Waals surface area contributed by atoms with E-state index in [1.54, 1.807) is 19.9 Å². The molecular formula is C16H18N2O7. The highest BCUT2D eigenvalue weighted by Gasteiger charge is 2.35. The van der Waals surface area contributed by atoms with Crippen LogP contribution in [0.4, 0.5) is 11.4 Å². The molecule has 2 rings (SSSR count). The molecule has 25 heavy (non-hydrogen) atoms. The topological polar surface area (TPSA) is 108 Å². The maximum absolute atomic E-state index is 12.3. The van der Waals surface area contributed by atoms with Crippen LogP contribution < -0.4 is 4.90 Å². The molecule has 0 radical (unpaired) electrons. The first-order chi connectivity index (χ1) is 11.8. The normalized spacial score (nSPS) is 14.3. The fourth-order valence-electron chi connectivity index (χ4n) is 2.48. The van der Waals surface area contributed by atoms with Gasteiger partial charge in [0.2, 0.25) is 0 Å². The molecule has 9 heteroatoms. The van der Waals surface area contributed by atoms with E-state index in [1.165, 1.54) is 18.1 Å². The van der Waals surface area contributed by atoms with Crippen LogP contribution in [0.3, 0.4) is 0 Å². The van der Waals surface area contributed by atoms with Crippen molar-refractivity contribution in [2.24, 2.45) is 0 Å². The summed E-state index contributed by atoms with van der Waals surface area (Å²) in [6.07, 6.45) is 0. The highest BCUT2D eigenvalue weighted by atomic mass is 16.6. The van der Waals surface area contributed by atoms with Crippen molar-refractivity contribution in [2.45, 2.75) is 13.8 Å². The zero-order chi connectivity index (χ0) is 18.7. The van der Waals surface area contributed by atoms with Gasteiger partial charge in [0, 0.05) is 6.07 Å². The van der Waals surface area contributed by atoms with Crippen molar-refractivity contribution in [3.8, 4) is 0 Å². The van der Waals surface area contributed by atoms with E-state index in [2.05, 4.69) is 4.74 Å². The molecule has 0 amide bonds. The van der Waals surface area contributed by atoms with Gasteiger partial charge in [-0.05, 0) is 31.0 Å². The fraction of sp³-hybridized carbons (Fsp3) is 0.375. The zero-order valence-electron chi connectivity index (χ0n) is 14.3. The van der Waals surface area contributed by atoms with Crippen LogP contribution in [0.1, 0.15) is 11.1 Å². The minimum Gasteiger partial charge on any atom is -0.466 e. The van der Waals surface area contributed by atoms with Crippen molar-refractivity contribution in [1.29, 1.82) is 0 Å². The molecule has 0 unspecified atom stereocenters. The zero-order valence-corrected chi connectivity index (χ0v) is 14.3. The van der Waals surface area contributed by atoms with Gasteiger partial charge in [-0.1, -0.05) is 0 Å². The van der Waals surface area contributed by atoms with Crippen molar-refractivity contribution in [2.75, 3.05) is 32.5 Å². The first-order valence-electron chi connectivity index (χ1n) is 7.32. The van der Waals surface area contributed by atoms with E-state index in [9.17, 15) is 19.7 Å². The number of carbonyl (C=O) groups excluding carboxylic acids is 2. The Balaban J connectivity index is 2.72. The Morgan fingerprint density at radius 2 is 1.76 bits per heavy atom. The highest BCUT2D eigenvalue weighted by molar-refractivity contribution is 6.03. The summed E-state index contributed by atoms with van der Waals surface area (Å²) in [6, 6.07) is 2.98. The van der Waals surface area contributed by atoms with E-state index in [0.717, 1.165) is 18.2 Å². The van der Waals surface area contributed by atoms with Crippen LogP contribution in [0, 0.1) is 24.0 Å². The molecular weight excluding hydrogens is 332 g/mol. The summed E-state index contributed by atoms with van der Waals surface area (Å²) >= 11 is 0. The molecule has 134 valence electrons. The van der Waals surface area contributed by atoms with Crippen LogP contribution in [0.15, 0.2) is 23.4 Å². The maximum atomic E-state index is 12.3. The predicted molar refractivity (Wildman–Crippen MR) is 86.9 cm³/mol. The second kappa shape index (κ2) is 7.31. The summed E-state index contributed by atoms with van der Waals surface area (Å²) in [7, 11) is 2.33. The quantitative estimate of drug-likeness (QED) is 0.458. The number of anilines is 1. The van der Waals surface area contributed by atoms with Crippen molar-refractivity contribution >= 4 is 23.3 Å². The molecule has 1 heterocycles. The average Bonchev–Trinajstić information content (AvgIpc) is 2.61. The lowest BCUT2D eigenvalue weighted by Crippen LogP contribution is -2.39. The van der Waals surface area contributed by atoms with Gasteiger partial charge in [0.1, 0.15) is 18.1 Å². The lowest BCUT2D eigenvalue weighted by Gasteiger charge is -2.31. The van der Waals surface area contributed by atoms with Gasteiger partial charge < -0.3 is 19.1 Å². The Morgan fingerprint density at radius 1 is 1.16 bits per heavy atom. The van der Waals surface area contributed by atoms with Gasteiger partial charge in [-0.25, -0.2) is 9.59 Å². The summed E-state index contributed by atoms with van der Waals surface area (Å²) in [5.74, 6) is -1.58. The van der Waals surface area contributed by atoms with Crippen LogP contribution in [0.2, 0.25) is 0 Å². The summed E-state index contributed by atoms with van der Waals surface area (Å²) < 4.78 is 14.8. The Hall–Kier alpha value is -2.94. The number of hydrogen-bond donors (Lipinski definition) is 0. The molecule has 1 aromatic rings. The first-order valence-corrected chi connectivity index (χ1v) is 7.32. The second-order valence-electron chi connectivity index (χ2n) is 5.40. The molecule has 1 aromatic carbocycles. The molecule has 0 aliphatic carbocycles. The van der Waals surface area contributed by atoms with Gasteiger partial charge >= 0.3 is 11.9 Å². The van der Waals surface area contributed by atoms with Crippen molar-refractivity contribution in [3.05, 3.63) is 44.6 Å². The summed E-state index contributed by atoms with van der Waals surface area (Å²) in [5, 5.41) is 11.5. The fourth-order valence-corrected chi connectivity index (χ4v) is 2.48. The lowest BCUT2D eigenvalue weighted by atomic mass is 10.1. The van der Waals surface area contributed by atoms with Gasteiger partial charge in [0.25, 0.3) is 5.69 Å². The van der Waals surface area contributed by atoms with Crippen LogP contribution in [0.25, 0.3) is 0 Å². The number of carbonyl (C=O) groups is 2. The third-order valence-corrected chi connectivity index (χ3v) is 3.91. The van der Waals surface area contributed by atoms with Crippen molar-refractivity contribution in [1.82, 2.24) is 0 Å². The first kappa shape index (κ1) is 18.4. The van der Waals surface area contributed by atoms with Crippen molar-refractivity contribution < 1.29 is 28.7 Å². The molecule has 0 atom stereocenters. The van der Waals surface area contributed by atoms with Gasteiger partial charge in [-0.3, -0.25) is 10.1 Å². The van der Waals surface area contributed by atoms with E-state index in [1.807, 2.05) is 0 Å². The molecule has 0 saturated carbocycles. The highest BCUT2D eigenvalue weighted by Crippen LogP contribution is 2.35. The van der Waals surface area contributed by atoms with Gasteiger partial charge in [-0.2, -0.15) is 0 Å². The van der Waals surface area contributed by atoms with E-state index in [0.29, 0.717) is 0 Å². The molecule has 9 nitrogen and oxygen atoms in total. The standard InChI is InChI=1S/C16H18N2O7/c1-9-5-12(13(18(21)22)6-10(9)2)17-8-25-7-11(15(19)23-3)14(17)16(20)24-4/h5-6H,7-8H2,1-4H3. The number of aryl methyl sites for hydroxylation is 2. The minimum absolute atomic E-state index is 0.0619. The van der Waals surface area contributed by atoms with E-state index in [-0.39, 0.29) is 36.0 Å². The largest absolute Gasteiger partial charge is 0.466 e. The number of esters is 2. The monoisotopic (exact) mass is 350 g/mol.